The van der Waals surface area contributed by atoms with Crippen molar-refractivity contribution in [2.24, 2.45) is 10.5 Å². The van der Waals surface area contributed by atoms with Crippen molar-refractivity contribution in [2.75, 3.05) is 6.54 Å². The van der Waals surface area contributed by atoms with Gasteiger partial charge in [-0.3, -0.25) is 5.01 Å². The number of hydrogen-bond donors (Lipinski definition) is 0. The number of halogens is 2. The van der Waals surface area contributed by atoms with Crippen molar-refractivity contribution in [3.05, 3.63) is 0 Å². The molecule has 0 aromatic rings. The molecule has 18 heavy (non-hydrogen) atoms. The molecule has 0 amide bonds. The minimum atomic E-state index is -2.51. The Balaban J connectivity index is 2.64. The summed E-state index contributed by atoms with van der Waals surface area (Å²) in [7, 11) is 0. The summed E-state index contributed by atoms with van der Waals surface area (Å²) in [6.07, 6.45) is 7.92. The van der Waals surface area contributed by atoms with E-state index in [-0.39, 0.29) is 24.3 Å². The maximum atomic E-state index is 13.1. The smallest absolute Gasteiger partial charge is 0.248 e. The van der Waals surface area contributed by atoms with E-state index in [0.717, 1.165) is 0 Å². The molecule has 0 heterocycles. The van der Waals surface area contributed by atoms with Crippen molar-refractivity contribution in [1.29, 1.82) is 0 Å². The van der Waals surface area contributed by atoms with E-state index in [2.05, 4.69) is 11.0 Å². The van der Waals surface area contributed by atoms with Crippen molar-refractivity contribution in [2.45, 2.75) is 58.4 Å². The molecule has 0 aliphatic heterocycles. The van der Waals surface area contributed by atoms with Crippen LogP contribution in [0.2, 0.25) is 0 Å². The van der Waals surface area contributed by atoms with E-state index >= 15 is 0 Å². The second-order valence-corrected chi connectivity index (χ2v) is 6.00. The van der Waals surface area contributed by atoms with Crippen molar-refractivity contribution in [1.82, 2.24) is 5.01 Å². The van der Waals surface area contributed by atoms with Crippen LogP contribution in [0.4, 0.5) is 8.78 Å². The van der Waals surface area contributed by atoms with Crippen LogP contribution < -0.4 is 0 Å². The Morgan fingerprint density at radius 2 is 1.94 bits per heavy atom. The molecule has 2 nitrogen and oxygen atoms in total. The van der Waals surface area contributed by atoms with Gasteiger partial charge in [0, 0.05) is 25.1 Å². The Labute approximate surface area is 108 Å². The first-order valence-corrected chi connectivity index (χ1v) is 6.37. The Morgan fingerprint density at radius 1 is 1.39 bits per heavy atom. The molecule has 0 aromatic heterocycles. The van der Waals surface area contributed by atoms with E-state index in [1.165, 1.54) is 0 Å². The first-order valence-electron chi connectivity index (χ1n) is 6.37. The number of terminal acetylenes is 1. The van der Waals surface area contributed by atoms with E-state index in [9.17, 15) is 8.78 Å². The number of nitrogens with zero attached hydrogens (tertiary/aromatic N) is 2. The van der Waals surface area contributed by atoms with Gasteiger partial charge in [0.2, 0.25) is 5.92 Å². The Hall–Kier alpha value is -1.11. The van der Waals surface area contributed by atoms with Crippen LogP contribution in [-0.2, 0) is 0 Å². The van der Waals surface area contributed by atoms with Crippen LogP contribution in [0.5, 0.6) is 0 Å². The normalized spacial score (nSPS) is 20.9. The lowest BCUT2D eigenvalue weighted by Crippen LogP contribution is -2.38. The number of rotatable bonds is 3. The van der Waals surface area contributed by atoms with Gasteiger partial charge in [0.1, 0.15) is 0 Å². The average molecular weight is 256 g/mol. The van der Waals surface area contributed by atoms with Gasteiger partial charge in [0.15, 0.2) is 0 Å². The van der Waals surface area contributed by atoms with E-state index in [4.69, 9.17) is 6.42 Å². The summed E-state index contributed by atoms with van der Waals surface area (Å²) >= 11 is 0. The molecule has 102 valence electrons. The van der Waals surface area contributed by atoms with Crippen molar-refractivity contribution in [3.8, 4) is 12.3 Å². The fraction of sp³-hybridized carbons (Fsp3) is 0.786. The summed E-state index contributed by atoms with van der Waals surface area (Å²) in [6, 6.07) is 0.0410. The summed E-state index contributed by atoms with van der Waals surface area (Å²) in [5.41, 5.74) is -0.0363. The van der Waals surface area contributed by atoms with Crippen molar-refractivity contribution in [3.63, 3.8) is 0 Å². The van der Waals surface area contributed by atoms with Crippen molar-refractivity contribution < 1.29 is 8.78 Å². The van der Waals surface area contributed by atoms with Crippen LogP contribution in [0.15, 0.2) is 5.10 Å². The Morgan fingerprint density at radius 3 is 2.39 bits per heavy atom. The minimum absolute atomic E-state index is 0.0363. The van der Waals surface area contributed by atoms with Crippen LogP contribution >= 0.6 is 0 Å². The van der Waals surface area contributed by atoms with E-state index in [1.807, 2.05) is 27.0 Å². The third-order valence-electron chi connectivity index (χ3n) is 2.95. The predicted octanol–water partition coefficient (Wildman–Crippen LogP) is 3.53. The van der Waals surface area contributed by atoms with Gasteiger partial charge in [0.25, 0.3) is 0 Å². The molecule has 1 aliphatic rings. The summed E-state index contributed by atoms with van der Waals surface area (Å²) in [6.45, 7) is 6.50. The van der Waals surface area contributed by atoms with Crippen LogP contribution in [0.1, 0.15) is 46.5 Å². The van der Waals surface area contributed by atoms with Crippen molar-refractivity contribution >= 4 is 6.21 Å². The van der Waals surface area contributed by atoms with Crippen LogP contribution in [-0.4, -0.2) is 29.7 Å². The lowest BCUT2D eigenvalue weighted by molar-refractivity contribution is -0.0523. The summed E-state index contributed by atoms with van der Waals surface area (Å²) in [5.74, 6) is 0.0389. The standard InChI is InChI=1S/C14H22F2N2/c1-5-10-18(17-11-13(2,3)4)12-6-8-14(15,16)9-7-12/h1,11-12H,6-10H2,2-4H3/b17-11+. The van der Waals surface area contributed by atoms with E-state index < -0.39 is 5.92 Å². The van der Waals surface area contributed by atoms with Gasteiger partial charge in [-0.1, -0.05) is 26.7 Å². The fourth-order valence-electron chi connectivity index (χ4n) is 1.93. The molecule has 0 unspecified atom stereocenters. The monoisotopic (exact) mass is 256 g/mol. The number of hydrogen-bond acceptors (Lipinski definition) is 2. The molecule has 0 bridgehead atoms. The molecule has 4 heteroatoms. The predicted molar refractivity (Wildman–Crippen MR) is 70.7 cm³/mol. The maximum absolute atomic E-state index is 13.1. The first-order chi connectivity index (χ1) is 8.23. The largest absolute Gasteiger partial charge is 0.282 e. The van der Waals surface area contributed by atoms with E-state index in [0.29, 0.717) is 19.4 Å². The summed E-state index contributed by atoms with van der Waals surface area (Å²) < 4.78 is 26.2. The highest BCUT2D eigenvalue weighted by Crippen LogP contribution is 2.35. The average Bonchev–Trinajstić information content (AvgIpc) is 2.23. The molecule has 0 aromatic carbocycles. The molecule has 1 saturated carbocycles. The van der Waals surface area contributed by atoms with Gasteiger partial charge >= 0.3 is 0 Å². The molecule has 0 spiro atoms. The third kappa shape index (κ3) is 5.03. The van der Waals surface area contributed by atoms with E-state index in [1.54, 1.807) is 5.01 Å². The third-order valence-corrected chi connectivity index (χ3v) is 2.95. The Bertz CT molecular complexity index is 327. The van der Waals surface area contributed by atoms with Gasteiger partial charge in [-0.25, -0.2) is 8.78 Å². The van der Waals surface area contributed by atoms with Gasteiger partial charge in [-0.05, 0) is 18.3 Å². The SMILES string of the molecule is C#CCN(/N=C/C(C)(C)C)C1CCC(F)(F)CC1. The quantitative estimate of drug-likeness (QED) is 0.428. The molecule has 1 fully saturated rings. The molecule has 0 radical (unpaired) electrons. The van der Waals surface area contributed by atoms with Crippen LogP contribution in [0, 0.1) is 17.8 Å². The topological polar surface area (TPSA) is 15.6 Å². The fourth-order valence-corrected chi connectivity index (χ4v) is 1.93. The van der Waals surface area contributed by atoms with Gasteiger partial charge in [-0.2, -0.15) is 5.10 Å². The van der Waals surface area contributed by atoms with Gasteiger partial charge in [-0.15, -0.1) is 6.42 Å². The molecule has 1 rings (SSSR count). The molecular formula is C14H22F2N2. The zero-order valence-electron chi connectivity index (χ0n) is 11.4. The lowest BCUT2D eigenvalue weighted by Gasteiger charge is -2.34. The lowest BCUT2D eigenvalue weighted by atomic mass is 9.92. The molecule has 0 atom stereocenters. The number of alkyl halides is 2. The molecule has 0 saturated heterocycles. The maximum Gasteiger partial charge on any atom is 0.248 e. The molecule has 1 aliphatic carbocycles. The zero-order chi connectivity index (χ0) is 13.8. The highest BCUT2D eigenvalue weighted by molar-refractivity contribution is 5.63. The summed E-state index contributed by atoms with van der Waals surface area (Å²) in [4.78, 5) is 0. The van der Waals surface area contributed by atoms with Crippen LogP contribution in [0.25, 0.3) is 0 Å². The Kier molecular flexibility index (Phi) is 4.72. The highest BCUT2D eigenvalue weighted by Gasteiger charge is 2.36. The van der Waals surface area contributed by atoms with Gasteiger partial charge < -0.3 is 0 Å². The van der Waals surface area contributed by atoms with Gasteiger partial charge in [0.05, 0.1) is 6.54 Å². The first kappa shape index (κ1) is 14.9. The molecule has 0 N–H and O–H groups in total. The second-order valence-electron chi connectivity index (χ2n) is 6.00. The summed E-state index contributed by atoms with van der Waals surface area (Å²) in [5, 5.41) is 6.16. The zero-order valence-corrected chi connectivity index (χ0v) is 11.4. The highest BCUT2D eigenvalue weighted by atomic mass is 19.3. The second kappa shape index (κ2) is 5.69. The molecular weight excluding hydrogens is 234 g/mol. The number of hydrazone groups is 1. The minimum Gasteiger partial charge on any atom is -0.282 e. The van der Waals surface area contributed by atoms with Crippen LogP contribution in [0.3, 0.4) is 0 Å².